The Bertz CT molecular complexity index is 369. The third-order valence-corrected chi connectivity index (χ3v) is 5.14. The first-order chi connectivity index (χ1) is 7.87. The summed E-state index contributed by atoms with van der Waals surface area (Å²) in [5.74, 6) is -0.558. The van der Waals surface area contributed by atoms with Crippen molar-refractivity contribution in [2.45, 2.75) is 26.2 Å². The molecule has 1 aliphatic heterocycles. The van der Waals surface area contributed by atoms with Gasteiger partial charge in [-0.1, -0.05) is 13.3 Å². The molecule has 1 unspecified atom stereocenters. The van der Waals surface area contributed by atoms with E-state index < -0.39 is 16.2 Å². The van der Waals surface area contributed by atoms with Crippen molar-refractivity contribution in [3.8, 4) is 0 Å². The number of aliphatic carboxylic acids is 1. The van der Waals surface area contributed by atoms with E-state index in [4.69, 9.17) is 5.11 Å². The number of rotatable bonds is 6. The molecule has 0 aromatic rings. The van der Waals surface area contributed by atoms with Gasteiger partial charge in [0, 0.05) is 26.7 Å². The molecule has 1 N–H and O–H groups in total. The molecule has 1 aliphatic rings. The zero-order valence-corrected chi connectivity index (χ0v) is 11.1. The minimum atomic E-state index is -3.47. The molecule has 0 spiro atoms. The second-order valence-corrected chi connectivity index (χ2v) is 6.43. The largest absolute Gasteiger partial charge is 0.481 e. The molecule has 1 saturated heterocycles. The zero-order valence-electron chi connectivity index (χ0n) is 10.3. The molecule has 0 aromatic carbocycles. The third kappa shape index (κ3) is 3.65. The van der Waals surface area contributed by atoms with E-state index in [0.717, 1.165) is 17.1 Å². The normalized spacial score (nSPS) is 22.2. The van der Waals surface area contributed by atoms with E-state index in [-0.39, 0.29) is 13.0 Å². The average molecular weight is 264 g/mol. The second-order valence-electron chi connectivity index (χ2n) is 4.39. The van der Waals surface area contributed by atoms with Crippen molar-refractivity contribution in [2.75, 3.05) is 26.7 Å². The summed E-state index contributed by atoms with van der Waals surface area (Å²) < 4.78 is 26.7. The van der Waals surface area contributed by atoms with Crippen molar-refractivity contribution in [1.29, 1.82) is 0 Å². The molecular weight excluding hydrogens is 244 g/mol. The van der Waals surface area contributed by atoms with Gasteiger partial charge >= 0.3 is 5.97 Å². The third-order valence-electron chi connectivity index (χ3n) is 3.19. The fraction of sp³-hybridized carbons (Fsp3) is 0.900. The Kier molecular flexibility index (Phi) is 4.91. The minimum absolute atomic E-state index is 0.0188. The first-order valence-electron chi connectivity index (χ1n) is 5.81. The Balaban J connectivity index is 2.58. The van der Waals surface area contributed by atoms with Crippen molar-refractivity contribution < 1.29 is 18.3 Å². The molecule has 1 fully saturated rings. The van der Waals surface area contributed by atoms with E-state index in [2.05, 4.69) is 6.92 Å². The molecule has 1 rings (SSSR count). The van der Waals surface area contributed by atoms with Crippen LogP contribution in [-0.2, 0) is 15.0 Å². The lowest BCUT2D eigenvalue weighted by atomic mass is 10.1. The first kappa shape index (κ1) is 14.4. The van der Waals surface area contributed by atoms with Crippen LogP contribution >= 0.6 is 0 Å². The zero-order chi connectivity index (χ0) is 13.1. The molecule has 0 saturated carbocycles. The van der Waals surface area contributed by atoms with Crippen molar-refractivity contribution in [3.63, 3.8) is 0 Å². The number of hydrogen-bond donors (Lipinski definition) is 1. The summed E-state index contributed by atoms with van der Waals surface area (Å²) in [5, 5.41) is 8.54. The van der Waals surface area contributed by atoms with Gasteiger partial charge in [0.15, 0.2) is 0 Å². The average Bonchev–Trinajstić information content (AvgIpc) is 2.74. The summed E-state index contributed by atoms with van der Waals surface area (Å²) >= 11 is 0. The minimum Gasteiger partial charge on any atom is -0.481 e. The predicted molar refractivity (Wildman–Crippen MR) is 63.8 cm³/mol. The van der Waals surface area contributed by atoms with E-state index in [0.29, 0.717) is 19.0 Å². The second kappa shape index (κ2) is 5.79. The van der Waals surface area contributed by atoms with E-state index >= 15 is 0 Å². The molecule has 1 heterocycles. The van der Waals surface area contributed by atoms with Gasteiger partial charge in [0.25, 0.3) is 10.2 Å². The molecule has 100 valence electrons. The van der Waals surface area contributed by atoms with Crippen molar-refractivity contribution >= 4 is 16.2 Å². The van der Waals surface area contributed by atoms with Gasteiger partial charge in [0.1, 0.15) is 0 Å². The number of carboxylic acids is 1. The topological polar surface area (TPSA) is 77.9 Å². The summed E-state index contributed by atoms with van der Waals surface area (Å²) in [4.78, 5) is 10.4. The van der Waals surface area contributed by atoms with Crippen molar-refractivity contribution in [2.24, 2.45) is 5.92 Å². The van der Waals surface area contributed by atoms with Crippen molar-refractivity contribution in [3.05, 3.63) is 0 Å². The quantitative estimate of drug-likeness (QED) is 0.752. The van der Waals surface area contributed by atoms with Crippen LogP contribution in [-0.4, -0.2) is 54.8 Å². The standard InChI is InChI=1S/C10H20N2O4S/c1-3-9-4-7-12(8-9)17(15,16)11(2)6-5-10(13)14/h9H,3-8H2,1-2H3,(H,13,14). The van der Waals surface area contributed by atoms with Gasteiger partial charge in [-0.3, -0.25) is 4.79 Å². The summed E-state index contributed by atoms with van der Waals surface area (Å²) in [6.45, 7) is 3.16. The lowest BCUT2D eigenvalue weighted by Gasteiger charge is -2.23. The highest BCUT2D eigenvalue weighted by Gasteiger charge is 2.33. The predicted octanol–water partition coefficient (Wildman–Crippen LogP) is 0.370. The molecular formula is C10H20N2O4S. The van der Waals surface area contributed by atoms with Crippen LogP contribution in [0.2, 0.25) is 0 Å². The number of hydrogen-bond acceptors (Lipinski definition) is 3. The fourth-order valence-electron chi connectivity index (χ4n) is 1.91. The van der Waals surface area contributed by atoms with Crippen LogP contribution in [0.15, 0.2) is 0 Å². The number of carbonyl (C=O) groups is 1. The molecule has 6 nitrogen and oxygen atoms in total. The highest BCUT2D eigenvalue weighted by molar-refractivity contribution is 7.86. The lowest BCUT2D eigenvalue weighted by molar-refractivity contribution is -0.137. The molecule has 1 atom stereocenters. The molecule has 0 radical (unpaired) electrons. The Morgan fingerprint density at radius 1 is 1.53 bits per heavy atom. The van der Waals surface area contributed by atoms with Crippen LogP contribution in [0.5, 0.6) is 0 Å². The highest BCUT2D eigenvalue weighted by Crippen LogP contribution is 2.23. The summed E-state index contributed by atoms with van der Waals surface area (Å²) in [6.07, 6.45) is 1.70. The van der Waals surface area contributed by atoms with Gasteiger partial charge in [-0.05, 0) is 12.3 Å². The maximum atomic E-state index is 12.1. The van der Waals surface area contributed by atoms with E-state index in [1.807, 2.05) is 0 Å². The smallest absolute Gasteiger partial charge is 0.304 e. The van der Waals surface area contributed by atoms with Crippen LogP contribution in [0, 0.1) is 5.92 Å². The Morgan fingerprint density at radius 2 is 2.18 bits per heavy atom. The SMILES string of the molecule is CCC1CCN(S(=O)(=O)N(C)CCC(=O)O)C1. The lowest BCUT2D eigenvalue weighted by Crippen LogP contribution is -2.41. The summed E-state index contributed by atoms with van der Waals surface area (Å²) in [5.41, 5.74) is 0. The van der Waals surface area contributed by atoms with Crippen LogP contribution in [0.25, 0.3) is 0 Å². The molecule has 17 heavy (non-hydrogen) atoms. The first-order valence-corrected chi connectivity index (χ1v) is 7.20. The van der Waals surface area contributed by atoms with Gasteiger partial charge in [-0.25, -0.2) is 0 Å². The summed E-state index contributed by atoms with van der Waals surface area (Å²) in [6, 6.07) is 0. The monoisotopic (exact) mass is 264 g/mol. The van der Waals surface area contributed by atoms with Gasteiger partial charge in [0.2, 0.25) is 0 Å². The van der Waals surface area contributed by atoms with E-state index in [1.54, 1.807) is 0 Å². The maximum Gasteiger partial charge on any atom is 0.304 e. The fourth-order valence-corrected chi connectivity index (χ4v) is 3.36. The maximum absolute atomic E-state index is 12.1. The van der Waals surface area contributed by atoms with Gasteiger partial charge in [-0.15, -0.1) is 0 Å². The van der Waals surface area contributed by atoms with Gasteiger partial charge < -0.3 is 5.11 Å². The van der Waals surface area contributed by atoms with Gasteiger partial charge in [0.05, 0.1) is 6.42 Å². The van der Waals surface area contributed by atoms with Crippen LogP contribution < -0.4 is 0 Å². The molecule has 0 amide bonds. The Hall–Kier alpha value is -0.660. The Labute approximate surface area is 102 Å². The summed E-state index contributed by atoms with van der Waals surface area (Å²) in [7, 11) is -2.05. The van der Waals surface area contributed by atoms with Crippen LogP contribution in [0.3, 0.4) is 0 Å². The highest BCUT2D eigenvalue weighted by atomic mass is 32.2. The number of carboxylic acid groups (broad SMARTS) is 1. The molecule has 0 bridgehead atoms. The van der Waals surface area contributed by atoms with Crippen molar-refractivity contribution in [1.82, 2.24) is 8.61 Å². The van der Waals surface area contributed by atoms with E-state index in [1.165, 1.54) is 11.4 Å². The van der Waals surface area contributed by atoms with Crippen LogP contribution in [0.1, 0.15) is 26.2 Å². The molecule has 0 aliphatic carbocycles. The molecule has 0 aromatic heterocycles. The van der Waals surface area contributed by atoms with Gasteiger partial charge in [-0.2, -0.15) is 17.0 Å². The van der Waals surface area contributed by atoms with Crippen LogP contribution in [0.4, 0.5) is 0 Å². The van der Waals surface area contributed by atoms with E-state index in [9.17, 15) is 13.2 Å². The molecule has 7 heteroatoms. The Morgan fingerprint density at radius 3 is 2.65 bits per heavy atom. The number of nitrogens with zero attached hydrogens (tertiary/aromatic N) is 2.